The molecule has 20 heavy (non-hydrogen) atoms. The Morgan fingerprint density at radius 2 is 2.40 bits per heavy atom. The van der Waals surface area contributed by atoms with Crippen molar-refractivity contribution >= 4 is 5.91 Å². The first-order valence-corrected chi connectivity index (χ1v) is 7.54. The highest BCUT2D eigenvalue weighted by Crippen LogP contribution is 2.39. The molecule has 0 radical (unpaired) electrons. The number of amides is 1. The summed E-state index contributed by atoms with van der Waals surface area (Å²) in [5.74, 6) is 0.751. The van der Waals surface area contributed by atoms with Crippen molar-refractivity contribution in [3.8, 4) is 0 Å². The van der Waals surface area contributed by atoms with Crippen LogP contribution in [0.3, 0.4) is 0 Å². The lowest BCUT2D eigenvalue weighted by molar-refractivity contribution is 0.0228. The number of aromatic nitrogens is 1. The van der Waals surface area contributed by atoms with Gasteiger partial charge in [0.2, 0.25) is 5.76 Å². The standard InChI is InChI=1S/C15H22N2O3/c1-2-15(10-18)6-3-7-17(9-15)14(19)13-8-12(16-20-13)11-4-5-11/h8,11,18H,2-7,9-10H2,1H3. The molecule has 1 unspecified atom stereocenters. The second-order valence-electron chi connectivity index (χ2n) is 6.23. The van der Waals surface area contributed by atoms with Gasteiger partial charge in [-0.3, -0.25) is 4.79 Å². The molecule has 1 aliphatic carbocycles. The van der Waals surface area contributed by atoms with Gasteiger partial charge in [0, 0.05) is 30.5 Å². The van der Waals surface area contributed by atoms with E-state index in [-0.39, 0.29) is 17.9 Å². The van der Waals surface area contributed by atoms with E-state index < -0.39 is 0 Å². The molecule has 5 heteroatoms. The van der Waals surface area contributed by atoms with Crippen molar-refractivity contribution in [3.63, 3.8) is 0 Å². The van der Waals surface area contributed by atoms with Gasteiger partial charge in [0.05, 0.1) is 12.3 Å². The number of likely N-dealkylation sites (tertiary alicyclic amines) is 1. The molecule has 1 aliphatic heterocycles. The zero-order chi connectivity index (χ0) is 14.2. The maximum Gasteiger partial charge on any atom is 0.292 e. The summed E-state index contributed by atoms with van der Waals surface area (Å²) in [4.78, 5) is 14.3. The maximum atomic E-state index is 12.5. The van der Waals surface area contributed by atoms with Crippen LogP contribution < -0.4 is 0 Å². The van der Waals surface area contributed by atoms with Crippen molar-refractivity contribution in [1.29, 1.82) is 0 Å². The summed E-state index contributed by atoms with van der Waals surface area (Å²) in [5.41, 5.74) is 0.766. The molecule has 2 heterocycles. The van der Waals surface area contributed by atoms with E-state index in [0.29, 0.717) is 18.2 Å². The van der Waals surface area contributed by atoms with Gasteiger partial charge in [-0.2, -0.15) is 0 Å². The number of carbonyl (C=O) groups is 1. The molecule has 1 aromatic rings. The Bertz CT molecular complexity index is 489. The Hall–Kier alpha value is -1.36. The third-order valence-corrected chi connectivity index (χ3v) is 4.77. The average molecular weight is 278 g/mol. The van der Waals surface area contributed by atoms with Crippen LogP contribution in [0.1, 0.15) is 61.2 Å². The maximum absolute atomic E-state index is 12.5. The summed E-state index contributed by atoms with van der Waals surface area (Å²) in [6.07, 6.45) is 5.09. The third kappa shape index (κ3) is 2.46. The van der Waals surface area contributed by atoms with E-state index in [1.54, 1.807) is 11.0 Å². The quantitative estimate of drug-likeness (QED) is 0.916. The lowest BCUT2D eigenvalue weighted by Gasteiger charge is -2.40. The van der Waals surface area contributed by atoms with Crippen LogP contribution in [0.5, 0.6) is 0 Å². The highest BCUT2D eigenvalue weighted by Gasteiger charge is 2.37. The first kappa shape index (κ1) is 13.6. The van der Waals surface area contributed by atoms with Crippen LogP contribution in [0.15, 0.2) is 10.6 Å². The van der Waals surface area contributed by atoms with Crippen molar-refractivity contribution in [2.24, 2.45) is 5.41 Å². The first-order valence-electron chi connectivity index (χ1n) is 7.54. The topological polar surface area (TPSA) is 66.6 Å². The van der Waals surface area contributed by atoms with Gasteiger partial charge in [-0.25, -0.2) is 0 Å². The summed E-state index contributed by atoms with van der Waals surface area (Å²) in [7, 11) is 0. The minimum atomic E-state index is -0.146. The van der Waals surface area contributed by atoms with E-state index in [1.807, 2.05) is 0 Å². The highest BCUT2D eigenvalue weighted by molar-refractivity contribution is 5.91. The van der Waals surface area contributed by atoms with Gasteiger partial charge in [0.25, 0.3) is 5.91 Å². The summed E-state index contributed by atoms with van der Waals surface area (Å²) in [6.45, 7) is 3.55. The fourth-order valence-electron chi connectivity index (χ4n) is 3.03. The van der Waals surface area contributed by atoms with Crippen molar-refractivity contribution in [1.82, 2.24) is 10.1 Å². The number of rotatable bonds is 4. The lowest BCUT2D eigenvalue weighted by atomic mass is 9.78. The van der Waals surface area contributed by atoms with Crippen LogP contribution in [-0.4, -0.2) is 40.8 Å². The van der Waals surface area contributed by atoms with E-state index >= 15 is 0 Å². The predicted molar refractivity (Wildman–Crippen MR) is 73.4 cm³/mol. The number of nitrogens with zero attached hydrogens (tertiary/aromatic N) is 2. The largest absolute Gasteiger partial charge is 0.396 e. The molecule has 1 saturated carbocycles. The van der Waals surface area contributed by atoms with Crippen molar-refractivity contribution in [2.45, 2.75) is 44.9 Å². The fourth-order valence-corrected chi connectivity index (χ4v) is 3.03. The molecule has 1 amide bonds. The Kier molecular flexibility index (Phi) is 3.54. The van der Waals surface area contributed by atoms with E-state index in [2.05, 4.69) is 12.1 Å². The molecule has 3 rings (SSSR count). The highest BCUT2D eigenvalue weighted by atomic mass is 16.5. The van der Waals surface area contributed by atoms with Gasteiger partial charge < -0.3 is 14.5 Å². The Labute approximate surface area is 118 Å². The van der Waals surface area contributed by atoms with Gasteiger partial charge in [-0.05, 0) is 32.1 Å². The van der Waals surface area contributed by atoms with Gasteiger partial charge in [0.1, 0.15) is 0 Å². The van der Waals surface area contributed by atoms with Gasteiger partial charge >= 0.3 is 0 Å². The zero-order valence-corrected chi connectivity index (χ0v) is 12.0. The molecule has 0 bridgehead atoms. The molecule has 0 aromatic carbocycles. The lowest BCUT2D eigenvalue weighted by Crippen LogP contribution is -2.47. The van der Waals surface area contributed by atoms with E-state index in [4.69, 9.17) is 4.52 Å². The van der Waals surface area contributed by atoms with Crippen molar-refractivity contribution < 1.29 is 14.4 Å². The number of piperidine rings is 1. The molecular formula is C15H22N2O3. The van der Waals surface area contributed by atoms with E-state index in [9.17, 15) is 9.90 Å². The molecule has 110 valence electrons. The summed E-state index contributed by atoms with van der Waals surface area (Å²) in [6, 6.07) is 1.79. The van der Waals surface area contributed by atoms with Gasteiger partial charge in [-0.15, -0.1) is 0 Å². The molecule has 1 N–H and O–H groups in total. The molecule has 2 fully saturated rings. The number of hydrogen-bond acceptors (Lipinski definition) is 4. The van der Waals surface area contributed by atoms with Crippen LogP contribution in [-0.2, 0) is 0 Å². The van der Waals surface area contributed by atoms with E-state index in [0.717, 1.165) is 44.3 Å². The van der Waals surface area contributed by atoms with E-state index in [1.165, 1.54) is 0 Å². The Morgan fingerprint density at radius 1 is 1.60 bits per heavy atom. The normalized spacial score (nSPS) is 26.8. The Balaban J connectivity index is 1.72. The van der Waals surface area contributed by atoms with Crippen molar-refractivity contribution in [3.05, 3.63) is 17.5 Å². The first-order chi connectivity index (χ1) is 9.67. The SMILES string of the molecule is CCC1(CO)CCCN(C(=O)c2cc(C3CC3)no2)C1. The van der Waals surface area contributed by atoms with Crippen LogP contribution in [0, 0.1) is 5.41 Å². The zero-order valence-electron chi connectivity index (χ0n) is 12.0. The molecule has 0 spiro atoms. The molecule has 5 nitrogen and oxygen atoms in total. The number of aliphatic hydroxyl groups is 1. The van der Waals surface area contributed by atoms with Crippen molar-refractivity contribution in [2.75, 3.05) is 19.7 Å². The summed E-state index contributed by atoms with van der Waals surface area (Å²) >= 11 is 0. The minimum absolute atomic E-state index is 0.0876. The summed E-state index contributed by atoms with van der Waals surface area (Å²) < 4.78 is 5.21. The Morgan fingerprint density at radius 3 is 3.05 bits per heavy atom. The molecule has 1 saturated heterocycles. The van der Waals surface area contributed by atoms with Gasteiger partial charge in [-0.1, -0.05) is 12.1 Å². The second kappa shape index (κ2) is 5.20. The van der Waals surface area contributed by atoms with Gasteiger partial charge in [0.15, 0.2) is 0 Å². The predicted octanol–water partition coefficient (Wildman–Crippen LogP) is 2.18. The van der Waals surface area contributed by atoms with Crippen LogP contribution >= 0.6 is 0 Å². The molecule has 2 aliphatic rings. The van der Waals surface area contributed by atoms with Crippen LogP contribution in [0.25, 0.3) is 0 Å². The number of aliphatic hydroxyl groups excluding tert-OH is 1. The molecule has 1 atom stereocenters. The average Bonchev–Trinajstić information content (AvgIpc) is 3.24. The number of hydrogen-bond donors (Lipinski definition) is 1. The monoisotopic (exact) mass is 278 g/mol. The second-order valence-corrected chi connectivity index (χ2v) is 6.23. The number of carbonyl (C=O) groups excluding carboxylic acids is 1. The molecule has 1 aromatic heterocycles. The summed E-state index contributed by atoms with van der Waals surface area (Å²) in [5, 5.41) is 13.6. The third-order valence-electron chi connectivity index (χ3n) is 4.77. The van der Waals surface area contributed by atoms with Crippen LogP contribution in [0.2, 0.25) is 0 Å². The smallest absolute Gasteiger partial charge is 0.292 e. The van der Waals surface area contributed by atoms with Crippen LogP contribution in [0.4, 0.5) is 0 Å². The fraction of sp³-hybridized carbons (Fsp3) is 0.733. The molecular weight excluding hydrogens is 256 g/mol. The minimum Gasteiger partial charge on any atom is -0.396 e.